The zero-order valence-corrected chi connectivity index (χ0v) is 42.3. The smallest absolute Gasteiger partial charge is 0.399 e. The van der Waals surface area contributed by atoms with Crippen molar-refractivity contribution in [1.82, 2.24) is 0 Å². The molecule has 1 aliphatic heterocycles. The number of fused-ring (bicyclic) bond motifs is 12. The second-order valence-corrected chi connectivity index (χ2v) is 20.7. The molecule has 0 atom stereocenters. The van der Waals surface area contributed by atoms with Crippen LogP contribution in [0.5, 0.6) is 0 Å². The van der Waals surface area contributed by atoms with Crippen LogP contribution in [0.2, 0.25) is 0 Å². The zero-order valence-electron chi connectivity index (χ0n) is 37.5. The minimum Gasteiger partial charge on any atom is -0.399 e. The molecule has 0 aromatic heterocycles. The topological polar surface area (TPSA) is 18.5 Å². The summed E-state index contributed by atoms with van der Waals surface area (Å²) in [6.07, 6.45) is 0. The Bertz CT molecular complexity index is 3310. The second kappa shape index (κ2) is 17.5. The van der Waals surface area contributed by atoms with Gasteiger partial charge < -0.3 is 9.31 Å². The summed E-state index contributed by atoms with van der Waals surface area (Å²) in [4.78, 5) is 0. The largest absolute Gasteiger partial charge is 0.494 e. The summed E-state index contributed by atoms with van der Waals surface area (Å²) in [5, 5.41) is 15.6. The van der Waals surface area contributed by atoms with Crippen LogP contribution in [0.1, 0.15) is 49.9 Å². The van der Waals surface area contributed by atoms with Crippen LogP contribution in [0.4, 0.5) is 0 Å². The van der Waals surface area contributed by atoms with Gasteiger partial charge in [0.2, 0.25) is 0 Å². The van der Waals surface area contributed by atoms with Crippen molar-refractivity contribution >= 4 is 125 Å². The Morgan fingerprint density at radius 3 is 1.06 bits per heavy atom. The van der Waals surface area contributed by atoms with E-state index in [9.17, 15) is 0 Å². The molecular formula is C58H50BBr3O2. The minimum atomic E-state index is -0.343. The fraction of sp³-hybridized carbons (Fsp3) is 0.172. The quantitative estimate of drug-likeness (QED) is 0.127. The minimum absolute atomic E-state index is 0.335. The molecule has 0 bridgehead atoms. The van der Waals surface area contributed by atoms with Crippen molar-refractivity contribution in [1.29, 1.82) is 0 Å². The van der Waals surface area contributed by atoms with E-state index in [0.29, 0.717) is 0 Å². The molecule has 1 aliphatic rings. The molecule has 10 aromatic rings. The van der Waals surface area contributed by atoms with Crippen LogP contribution >= 0.6 is 47.8 Å². The number of halogens is 3. The standard InChI is InChI=1S/C26H19Br.C24H23BO2.C8H8Br2/c1-16-14-26(27)17(2)13-24(16)18-11-12-23-21-9-4-3-7-19(21)20-8-5-6-10-22(20)25(23)15-18;1-23(2)24(3,4)27-25(26-23)16-13-14-21-19-11-6-5-9-17(19)18-10-7-8-12-20(18)22(21)15-16;1-5-3-8(10)6(2)4-7(5)9/h3-15H,1-2H3;5-15H,1-4H3;3-4H,1-2H3. The fourth-order valence-corrected chi connectivity index (χ4v) is 10.3. The Morgan fingerprint density at radius 1 is 0.344 bits per heavy atom. The molecule has 0 spiro atoms. The van der Waals surface area contributed by atoms with Crippen molar-refractivity contribution in [3.8, 4) is 11.1 Å². The second-order valence-electron chi connectivity index (χ2n) is 18.1. The summed E-state index contributed by atoms with van der Waals surface area (Å²) in [7, 11) is -0.343. The van der Waals surface area contributed by atoms with Crippen LogP contribution in [-0.4, -0.2) is 18.3 Å². The predicted octanol–water partition coefficient (Wildman–Crippen LogP) is 17.5. The number of aryl methyl sites for hydroxylation is 4. The van der Waals surface area contributed by atoms with Crippen LogP contribution in [0, 0.1) is 27.7 Å². The van der Waals surface area contributed by atoms with Crippen molar-refractivity contribution in [2.45, 2.75) is 66.6 Å². The molecule has 6 heteroatoms. The van der Waals surface area contributed by atoms with E-state index in [-0.39, 0.29) is 18.3 Å². The summed E-state index contributed by atoms with van der Waals surface area (Å²) in [6.45, 7) is 16.9. The first-order valence-electron chi connectivity index (χ1n) is 21.8. The van der Waals surface area contributed by atoms with Crippen molar-refractivity contribution < 1.29 is 9.31 Å². The highest BCUT2D eigenvalue weighted by molar-refractivity contribution is 9.11. The van der Waals surface area contributed by atoms with Gasteiger partial charge >= 0.3 is 7.12 Å². The molecule has 1 heterocycles. The van der Waals surface area contributed by atoms with Crippen molar-refractivity contribution in [2.75, 3.05) is 0 Å². The van der Waals surface area contributed by atoms with E-state index in [2.05, 4.69) is 261 Å². The van der Waals surface area contributed by atoms with Crippen LogP contribution in [-0.2, 0) is 9.31 Å². The van der Waals surface area contributed by atoms with E-state index >= 15 is 0 Å². The number of hydrogen-bond acceptors (Lipinski definition) is 2. The molecule has 0 saturated carbocycles. The Labute approximate surface area is 402 Å². The van der Waals surface area contributed by atoms with Gasteiger partial charge in [-0.2, -0.15) is 0 Å². The van der Waals surface area contributed by atoms with Crippen molar-refractivity contribution in [3.05, 3.63) is 193 Å². The van der Waals surface area contributed by atoms with Gasteiger partial charge in [0.15, 0.2) is 0 Å². The van der Waals surface area contributed by atoms with Gasteiger partial charge in [0.05, 0.1) is 11.2 Å². The molecule has 11 rings (SSSR count). The first kappa shape index (κ1) is 44.4. The van der Waals surface area contributed by atoms with Gasteiger partial charge in [0.1, 0.15) is 0 Å². The van der Waals surface area contributed by atoms with Gasteiger partial charge in [-0.3, -0.25) is 0 Å². The molecule has 64 heavy (non-hydrogen) atoms. The first-order chi connectivity index (χ1) is 30.6. The molecule has 0 aliphatic carbocycles. The Kier molecular flexibility index (Phi) is 12.2. The summed E-state index contributed by atoms with van der Waals surface area (Å²) >= 11 is 10.6. The Balaban J connectivity index is 0.000000134. The van der Waals surface area contributed by atoms with E-state index < -0.39 is 0 Å². The van der Waals surface area contributed by atoms with Gasteiger partial charge in [-0.1, -0.05) is 181 Å². The third kappa shape index (κ3) is 8.22. The lowest BCUT2D eigenvalue weighted by Crippen LogP contribution is -2.41. The van der Waals surface area contributed by atoms with Gasteiger partial charge in [-0.05, 0) is 183 Å². The molecule has 0 unspecified atom stereocenters. The highest BCUT2D eigenvalue weighted by Gasteiger charge is 2.51. The predicted molar refractivity (Wildman–Crippen MR) is 288 cm³/mol. The molecule has 318 valence electrons. The molecule has 1 saturated heterocycles. The average molecular weight is 1030 g/mol. The van der Waals surface area contributed by atoms with Gasteiger partial charge in [-0.25, -0.2) is 0 Å². The molecule has 1 fully saturated rings. The van der Waals surface area contributed by atoms with E-state index in [1.165, 1.54) is 111 Å². The molecule has 2 nitrogen and oxygen atoms in total. The summed E-state index contributed by atoms with van der Waals surface area (Å²) < 4.78 is 16.1. The maximum absolute atomic E-state index is 6.28. The van der Waals surface area contributed by atoms with Crippen molar-refractivity contribution in [3.63, 3.8) is 0 Å². The van der Waals surface area contributed by atoms with Crippen molar-refractivity contribution in [2.24, 2.45) is 0 Å². The van der Waals surface area contributed by atoms with E-state index in [1.54, 1.807) is 0 Å². The van der Waals surface area contributed by atoms with Crippen LogP contribution < -0.4 is 5.46 Å². The maximum atomic E-state index is 6.28. The fourth-order valence-electron chi connectivity index (χ4n) is 8.96. The number of hydrogen-bond donors (Lipinski definition) is 0. The molecule has 10 aromatic carbocycles. The molecular weight excluding hydrogens is 979 g/mol. The molecule has 0 amide bonds. The number of rotatable bonds is 2. The maximum Gasteiger partial charge on any atom is 0.494 e. The first-order valence-corrected chi connectivity index (χ1v) is 24.2. The highest BCUT2D eigenvalue weighted by Crippen LogP contribution is 2.40. The molecule has 0 N–H and O–H groups in total. The summed E-state index contributed by atoms with van der Waals surface area (Å²) in [6, 6.07) is 57.0. The van der Waals surface area contributed by atoms with Gasteiger partial charge in [0.25, 0.3) is 0 Å². The highest BCUT2D eigenvalue weighted by atomic mass is 79.9. The van der Waals surface area contributed by atoms with Crippen LogP contribution in [0.3, 0.4) is 0 Å². The third-order valence-electron chi connectivity index (χ3n) is 13.3. The monoisotopic (exact) mass is 1030 g/mol. The Hall–Kier alpha value is -4.82. The van der Waals surface area contributed by atoms with Crippen LogP contribution in [0.25, 0.3) is 75.8 Å². The third-order valence-corrected chi connectivity index (χ3v) is 15.9. The lowest BCUT2D eigenvalue weighted by atomic mass is 9.77. The number of benzene rings is 10. The molecule has 0 radical (unpaired) electrons. The Morgan fingerprint density at radius 2 is 0.656 bits per heavy atom. The summed E-state index contributed by atoms with van der Waals surface area (Å²) in [5.41, 5.74) is 8.05. The van der Waals surface area contributed by atoms with Gasteiger partial charge in [0, 0.05) is 13.4 Å². The lowest BCUT2D eigenvalue weighted by Gasteiger charge is -2.32. The summed E-state index contributed by atoms with van der Waals surface area (Å²) in [5.74, 6) is 0. The SMILES string of the molecule is CC1(C)OB(c2ccc3c4ccccc4c4ccccc4c3c2)OC1(C)C.Cc1cc(-c2ccc3c4ccccc4c4ccccc4c3c2)c(C)cc1Br.Cc1cc(Br)c(C)cc1Br. The average Bonchev–Trinajstić information content (AvgIpc) is 3.52. The van der Waals surface area contributed by atoms with E-state index in [1.807, 2.05) is 0 Å². The lowest BCUT2D eigenvalue weighted by molar-refractivity contribution is 0.00578. The van der Waals surface area contributed by atoms with Crippen LogP contribution in [0.15, 0.2) is 171 Å². The van der Waals surface area contributed by atoms with Gasteiger partial charge in [-0.15, -0.1) is 0 Å². The zero-order chi connectivity index (χ0) is 45.1. The van der Waals surface area contributed by atoms with E-state index in [4.69, 9.17) is 9.31 Å². The normalized spacial score (nSPS) is 14.3. The van der Waals surface area contributed by atoms with E-state index in [0.717, 1.165) is 5.46 Å².